The summed E-state index contributed by atoms with van der Waals surface area (Å²) in [4.78, 5) is 0. The molecule has 0 radical (unpaired) electrons. The van der Waals surface area contributed by atoms with Gasteiger partial charge in [-0.1, -0.05) is 49.2 Å². The van der Waals surface area contributed by atoms with Gasteiger partial charge in [0.1, 0.15) is 0 Å². The van der Waals surface area contributed by atoms with E-state index in [0.717, 1.165) is 17.8 Å². The molecule has 4 rings (SSSR count). The first kappa shape index (κ1) is 12.4. The van der Waals surface area contributed by atoms with Gasteiger partial charge in [-0.15, -0.1) is 0 Å². The third-order valence-electron chi connectivity index (χ3n) is 5.67. The fourth-order valence-electron chi connectivity index (χ4n) is 4.55. The average molecular weight is 265 g/mol. The Labute approximate surface area is 121 Å². The summed E-state index contributed by atoms with van der Waals surface area (Å²) in [6.07, 6.45) is 5.65. The lowest BCUT2D eigenvalue weighted by Gasteiger charge is -2.16. The van der Waals surface area contributed by atoms with Crippen molar-refractivity contribution >= 4 is 10.8 Å². The standard InChI is InChI=1S/C19H23N/c1-12-10-11-17(14-7-3-2-6-13(12)14)19(20)18-15-8-4-5-9-16(15)18/h2-3,6-7,10-11,15-16,18-19H,4-5,8-9,20H2,1H3. The molecule has 0 aromatic heterocycles. The Kier molecular flexibility index (Phi) is 2.85. The van der Waals surface area contributed by atoms with Gasteiger partial charge in [-0.05, 0) is 59.4 Å². The molecule has 2 aliphatic rings. The Morgan fingerprint density at radius 2 is 1.60 bits per heavy atom. The fraction of sp³-hybridized carbons (Fsp3) is 0.474. The summed E-state index contributed by atoms with van der Waals surface area (Å²) in [6, 6.07) is 13.5. The van der Waals surface area contributed by atoms with Crippen LogP contribution in [-0.2, 0) is 0 Å². The van der Waals surface area contributed by atoms with Crippen LogP contribution in [0.2, 0.25) is 0 Å². The first-order valence-electron chi connectivity index (χ1n) is 8.01. The van der Waals surface area contributed by atoms with Crippen molar-refractivity contribution in [2.75, 3.05) is 0 Å². The molecular formula is C19H23N. The Balaban J connectivity index is 1.73. The predicted molar refractivity (Wildman–Crippen MR) is 84.6 cm³/mol. The molecule has 0 spiro atoms. The molecule has 0 saturated heterocycles. The highest BCUT2D eigenvalue weighted by Crippen LogP contribution is 2.60. The normalized spacial score (nSPS) is 30.0. The molecule has 1 heteroatoms. The molecule has 104 valence electrons. The molecule has 0 heterocycles. The molecule has 2 fully saturated rings. The van der Waals surface area contributed by atoms with Crippen LogP contribution in [0.4, 0.5) is 0 Å². The van der Waals surface area contributed by atoms with E-state index in [-0.39, 0.29) is 6.04 Å². The molecular weight excluding hydrogens is 242 g/mol. The minimum atomic E-state index is 0.230. The van der Waals surface area contributed by atoms with Crippen molar-refractivity contribution in [2.24, 2.45) is 23.5 Å². The van der Waals surface area contributed by atoms with Gasteiger partial charge in [0, 0.05) is 6.04 Å². The van der Waals surface area contributed by atoms with Crippen LogP contribution in [0.15, 0.2) is 36.4 Å². The minimum Gasteiger partial charge on any atom is -0.324 e. The summed E-state index contributed by atoms with van der Waals surface area (Å²) < 4.78 is 0. The first-order chi connectivity index (χ1) is 9.77. The monoisotopic (exact) mass is 265 g/mol. The predicted octanol–water partition coefficient (Wildman–Crippen LogP) is 4.58. The molecule has 0 amide bonds. The summed E-state index contributed by atoms with van der Waals surface area (Å²) in [5.74, 6) is 2.57. The second-order valence-corrected chi connectivity index (χ2v) is 6.73. The maximum atomic E-state index is 6.68. The number of rotatable bonds is 2. The van der Waals surface area contributed by atoms with Gasteiger partial charge in [-0.2, -0.15) is 0 Å². The van der Waals surface area contributed by atoms with Gasteiger partial charge in [0.15, 0.2) is 0 Å². The quantitative estimate of drug-likeness (QED) is 0.844. The van der Waals surface area contributed by atoms with E-state index in [4.69, 9.17) is 5.73 Å². The summed E-state index contributed by atoms with van der Waals surface area (Å²) in [6.45, 7) is 2.19. The number of hydrogen-bond donors (Lipinski definition) is 1. The highest BCUT2D eigenvalue weighted by molar-refractivity contribution is 5.89. The molecule has 0 bridgehead atoms. The topological polar surface area (TPSA) is 26.0 Å². The molecule has 2 N–H and O–H groups in total. The van der Waals surface area contributed by atoms with Crippen LogP contribution in [-0.4, -0.2) is 0 Å². The van der Waals surface area contributed by atoms with Gasteiger partial charge in [-0.25, -0.2) is 0 Å². The van der Waals surface area contributed by atoms with Crippen molar-refractivity contribution in [3.8, 4) is 0 Å². The maximum Gasteiger partial charge on any atom is 0.0335 e. The van der Waals surface area contributed by atoms with Gasteiger partial charge in [-0.3, -0.25) is 0 Å². The lowest BCUT2D eigenvalue weighted by molar-refractivity contribution is 0.480. The summed E-state index contributed by atoms with van der Waals surface area (Å²) in [5.41, 5.74) is 9.39. The third kappa shape index (κ3) is 1.80. The van der Waals surface area contributed by atoms with Crippen LogP contribution in [0.25, 0.3) is 10.8 Å². The van der Waals surface area contributed by atoms with Crippen LogP contribution < -0.4 is 5.73 Å². The fourth-order valence-corrected chi connectivity index (χ4v) is 4.55. The average Bonchev–Trinajstić information content (AvgIpc) is 3.22. The van der Waals surface area contributed by atoms with Crippen LogP contribution in [0.5, 0.6) is 0 Å². The van der Waals surface area contributed by atoms with Gasteiger partial charge >= 0.3 is 0 Å². The summed E-state index contributed by atoms with van der Waals surface area (Å²) >= 11 is 0. The number of aryl methyl sites for hydroxylation is 1. The Hall–Kier alpha value is -1.34. The smallest absolute Gasteiger partial charge is 0.0335 e. The Bertz CT molecular complexity index is 633. The molecule has 2 aromatic rings. The zero-order valence-corrected chi connectivity index (χ0v) is 12.2. The van der Waals surface area contributed by atoms with Crippen molar-refractivity contribution in [3.05, 3.63) is 47.5 Å². The second kappa shape index (κ2) is 4.60. The Morgan fingerprint density at radius 3 is 2.30 bits per heavy atom. The molecule has 1 nitrogen and oxygen atoms in total. The molecule has 2 aliphatic carbocycles. The highest BCUT2D eigenvalue weighted by atomic mass is 14.7. The van der Waals surface area contributed by atoms with Gasteiger partial charge < -0.3 is 5.73 Å². The molecule has 2 saturated carbocycles. The Morgan fingerprint density at radius 1 is 0.950 bits per heavy atom. The van der Waals surface area contributed by atoms with Crippen molar-refractivity contribution < 1.29 is 0 Å². The molecule has 2 aromatic carbocycles. The second-order valence-electron chi connectivity index (χ2n) is 6.73. The van der Waals surface area contributed by atoms with Crippen molar-refractivity contribution in [3.63, 3.8) is 0 Å². The number of fused-ring (bicyclic) bond motifs is 2. The lowest BCUT2D eigenvalue weighted by atomic mass is 9.93. The van der Waals surface area contributed by atoms with Crippen molar-refractivity contribution in [2.45, 2.75) is 38.6 Å². The first-order valence-corrected chi connectivity index (χ1v) is 8.01. The molecule has 20 heavy (non-hydrogen) atoms. The van der Waals surface area contributed by atoms with E-state index < -0.39 is 0 Å². The molecule has 3 atom stereocenters. The van der Waals surface area contributed by atoms with Gasteiger partial charge in [0.05, 0.1) is 0 Å². The number of benzene rings is 2. The van der Waals surface area contributed by atoms with E-state index in [9.17, 15) is 0 Å². The summed E-state index contributed by atoms with van der Waals surface area (Å²) in [5, 5.41) is 2.73. The highest BCUT2D eigenvalue weighted by Gasteiger charge is 2.53. The van der Waals surface area contributed by atoms with Crippen LogP contribution in [0.1, 0.15) is 42.9 Å². The lowest BCUT2D eigenvalue weighted by Crippen LogP contribution is -2.15. The SMILES string of the molecule is Cc1ccc(C(N)C2C3CCCCC32)c2ccccc12. The van der Waals surface area contributed by atoms with Crippen molar-refractivity contribution in [1.82, 2.24) is 0 Å². The van der Waals surface area contributed by atoms with Crippen LogP contribution >= 0.6 is 0 Å². The molecule has 0 aliphatic heterocycles. The van der Waals surface area contributed by atoms with Crippen LogP contribution in [0, 0.1) is 24.7 Å². The van der Waals surface area contributed by atoms with E-state index in [0.29, 0.717) is 0 Å². The van der Waals surface area contributed by atoms with Gasteiger partial charge in [0.25, 0.3) is 0 Å². The van der Waals surface area contributed by atoms with Crippen LogP contribution in [0.3, 0.4) is 0 Å². The summed E-state index contributed by atoms with van der Waals surface area (Å²) in [7, 11) is 0. The van der Waals surface area contributed by atoms with Crippen molar-refractivity contribution in [1.29, 1.82) is 0 Å². The van der Waals surface area contributed by atoms with E-state index in [1.807, 2.05) is 0 Å². The van der Waals surface area contributed by atoms with E-state index in [1.165, 1.54) is 47.6 Å². The molecule has 3 unspecified atom stereocenters. The minimum absolute atomic E-state index is 0.230. The van der Waals surface area contributed by atoms with E-state index >= 15 is 0 Å². The third-order valence-corrected chi connectivity index (χ3v) is 5.67. The maximum absolute atomic E-state index is 6.68. The van der Waals surface area contributed by atoms with Gasteiger partial charge in [0.2, 0.25) is 0 Å². The number of hydrogen-bond acceptors (Lipinski definition) is 1. The van der Waals surface area contributed by atoms with E-state index in [1.54, 1.807) is 0 Å². The zero-order chi connectivity index (χ0) is 13.7. The van der Waals surface area contributed by atoms with E-state index in [2.05, 4.69) is 43.3 Å². The largest absolute Gasteiger partial charge is 0.324 e. The zero-order valence-electron chi connectivity index (χ0n) is 12.2. The number of nitrogens with two attached hydrogens (primary N) is 1.